The number of likely N-dealkylation sites (tertiary alicyclic amines) is 1. The lowest BCUT2D eigenvalue weighted by Crippen LogP contribution is -2.38. The van der Waals surface area contributed by atoms with Crippen LogP contribution >= 0.6 is 0 Å². The summed E-state index contributed by atoms with van der Waals surface area (Å²) in [6.07, 6.45) is 4.04. The predicted octanol–water partition coefficient (Wildman–Crippen LogP) is 2.37. The lowest BCUT2D eigenvalue weighted by Gasteiger charge is -2.27. The molecular weight excluding hydrogens is 300 g/mol. The highest BCUT2D eigenvalue weighted by molar-refractivity contribution is 5.79. The fraction of sp³-hybridized carbons (Fsp3) is 0.632. The highest BCUT2D eigenvalue weighted by Crippen LogP contribution is 2.16. The van der Waals surface area contributed by atoms with Crippen LogP contribution in [0.3, 0.4) is 0 Å². The molecule has 5 nitrogen and oxygen atoms in total. The Kier molecular flexibility index (Phi) is 8.63. The second-order valence-corrected chi connectivity index (χ2v) is 6.15. The van der Waals surface area contributed by atoms with Crippen LogP contribution in [-0.2, 0) is 17.8 Å². The number of guanidine groups is 1. The number of hydrogen-bond acceptors (Lipinski definition) is 3. The monoisotopic (exact) mass is 332 g/mol. The average Bonchev–Trinajstić information content (AvgIpc) is 2.63. The fourth-order valence-corrected chi connectivity index (χ4v) is 3.03. The van der Waals surface area contributed by atoms with E-state index in [9.17, 15) is 0 Å². The Morgan fingerprint density at radius 2 is 1.88 bits per heavy atom. The van der Waals surface area contributed by atoms with Crippen molar-refractivity contribution >= 4 is 5.96 Å². The molecule has 0 atom stereocenters. The lowest BCUT2D eigenvalue weighted by molar-refractivity contribution is 0.152. The molecule has 5 heteroatoms. The summed E-state index contributed by atoms with van der Waals surface area (Å²) in [5.41, 5.74) is 2.76. The van der Waals surface area contributed by atoms with Crippen molar-refractivity contribution in [3.63, 3.8) is 0 Å². The van der Waals surface area contributed by atoms with Crippen LogP contribution in [0.2, 0.25) is 0 Å². The van der Waals surface area contributed by atoms with Crippen molar-refractivity contribution in [3.05, 3.63) is 35.4 Å². The zero-order chi connectivity index (χ0) is 17.0. The van der Waals surface area contributed by atoms with E-state index in [2.05, 4.69) is 44.8 Å². The van der Waals surface area contributed by atoms with Gasteiger partial charge < -0.3 is 15.4 Å². The number of nitrogens with zero attached hydrogens (tertiary/aromatic N) is 2. The Morgan fingerprint density at radius 1 is 1.12 bits per heavy atom. The lowest BCUT2D eigenvalue weighted by atomic mass is 10.0. The average molecular weight is 332 g/mol. The first-order valence-electron chi connectivity index (χ1n) is 9.15. The number of hydrogen-bond donors (Lipinski definition) is 2. The standard InChI is InChI=1S/C19H32N4O/c1-3-24-14-11-21-19(20-2)22-15-17-9-5-6-10-18(17)16-23-12-7-4-8-13-23/h5-6,9-10H,3-4,7-8,11-16H2,1-2H3,(H2,20,21,22). The van der Waals surface area contributed by atoms with Crippen LogP contribution < -0.4 is 10.6 Å². The highest BCUT2D eigenvalue weighted by atomic mass is 16.5. The van der Waals surface area contributed by atoms with E-state index in [1.54, 1.807) is 7.05 Å². The molecule has 0 aromatic heterocycles. The number of ether oxygens (including phenoxy) is 1. The van der Waals surface area contributed by atoms with Gasteiger partial charge in [0, 0.05) is 33.3 Å². The van der Waals surface area contributed by atoms with E-state index >= 15 is 0 Å². The summed E-state index contributed by atoms with van der Waals surface area (Å²) in [5.74, 6) is 0.822. The van der Waals surface area contributed by atoms with Gasteiger partial charge in [0.1, 0.15) is 0 Å². The summed E-state index contributed by atoms with van der Waals surface area (Å²) in [5, 5.41) is 6.68. The summed E-state index contributed by atoms with van der Waals surface area (Å²) in [6, 6.07) is 8.70. The van der Waals surface area contributed by atoms with Gasteiger partial charge in [0.15, 0.2) is 5.96 Å². The van der Waals surface area contributed by atoms with Crippen molar-refractivity contribution in [1.82, 2.24) is 15.5 Å². The minimum absolute atomic E-state index is 0.697. The van der Waals surface area contributed by atoms with Crippen LogP contribution in [0, 0.1) is 0 Å². The minimum atomic E-state index is 0.697. The number of benzene rings is 1. The summed E-state index contributed by atoms with van der Waals surface area (Å²) in [4.78, 5) is 6.84. The van der Waals surface area contributed by atoms with Crippen LogP contribution in [-0.4, -0.2) is 50.8 Å². The molecule has 2 rings (SSSR count). The normalized spacial score (nSPS) is 16.2. The van der Waals surface area contributed by atoms with Gasteiger partial charge >= 0.3 is 0 Å². The van der Waals surface area contributed by atoms with Gasteiger partial charge in [-0.15, -0.1) is 0 Å². The molecule has 0 saturated carbocycles. The van der Waals surface area contributed by atoms with Gasteiger partial charge in [0.2, 0.25) is 0 Å². The maximum Gasteiger partial charge on any atom is 0.191 e. The topological polar surface area (TPSA) is 48.9 Å². The van der Waals surface area contributed by atoms with E-state index in [1.807, 2.05) is 6.92 Å². The van der Waals surface area contributed by atoms with Gasteiger partial charge in [-0.3, -0.25) is 9.89 Å². The summed E-state index contributed by atoms with van der Waals surface area (Å²) < 4.78 is 5.34. The molecule has 0 unspecified atom stereocenters. The zero-order valence-corrected chi connectivity index (χ0v) is 15.2. The molecular formula is C19H32N4O. The van der Waals surface area contributed by atoms with Crippen molar-refractivity contribution in [2.75, 3.05) is 39.9 Å². The Hall–Kier alpha value is -1.59. The van der Waals surface area contributed by atoms with Gasteiger partial charge in [-0.05, 0) is 44.0 Å². The fourth-order valence-electron chi connectivity index (χ4n) is 3.03. The first kappa shape index (κ1) is 18.7. The van der Waals surface area contributed by atoms with Crippen molar-refractivity contribution in [3.8, 4) is 0 Å². The summed E-state index contributed by atoms with van der Waals surface area (Å²) >= 11 is 0. The summed E-state index contributed by atoms with van der Waals surface area (Å²) in [7, 11) is 1.80. The van der Waals surface area contributed by atoms with E-state index in [0.29, 0.717) is 6.61 Å². The van der Waals surface area contributed by atoms with Gasteiger partial charge in [-0.1, -0.05) is 30.7 Å². The largest absolute Gasteiger partial charge is 0.380 e. The maximum atomic E-state index is 5.34. The molecule has 1 heterocycles. The van der Waals surface area contributed by atoms with Gasteiger partial charge in [0.05, 0.1) is 6.61 Å². The molecule has 1 aromatic rings. The molecule has 1 fully saturated rings. The molecule has 1 aliphatic rings. The molecule has 134 valence electrons. The number of piperidine rings is 1. The van der Waals surface area contributed by atoms with Crippen molar-refractivity contribution in [2.24, 2.45) is 4.99 Å². The Morgan fingerprint density at radius 3 is 2.58 bits per heavy atom. The van der Waals surface area contributed by atoms with E-state index in [-0.39, 0.29) is 0 Å². The molecule has 0 bridgehead atoms. The molecule has 1 aromatic carbocycles. The Labute approximate surface area is 146 Å². The summed E-state index contributed by atoms with van der Waals surface area (Å²) in [6.45, 7) is 8.51. The van der Waals surface area contributed by atoms with E-state index in [4.69, 9.17) is 4.74 Å². The van der Waals surface area contributed by atoms with E-state index in [1.165, 1.54) is 43.5 Å². The third-order valence-electron chi connectivity index (χ3n) is 4.37. The number of nitrogens with one attached hydrogen (secondary N) is 2. The number of rotatable bonds is 8. The van der Waals surface area contributed by atoms with Crippen LogP contribution in [0.25, 0.3) is 0 Å². The van der Waals surface area contributed by atoms with Gasteiger partial charge in [-0.2, -0.15) is 0 Å². The zero-order valence-electron chi connectivity index (χ0n) is 15.2. The molecule has 2 N–H and O–H groups in total. The third-order valence-corrected chi connectivity index (χ3v) is 4.37. The van der Waals surface area contributed by atoms with Crippen molar-refractivity contribution in [2.45, 2.75) is 39.3 Å². The van der Waals surface area contributed by atoms with E-state index in [0.717, 1.165) is 32.2 Å². The molecule has 0 aliphatic carbocycles. The Balaban J connectivity index is 1.84. The molecule has 24 heavy (non-hydrogen) atoms. The smallest absolute Gasteiger partial charge is 0.191 e. The maximum absolute atomic E-state index is 5.34. The molecule has 1 saturated heterocycles. The molecule has 0 spiro atoms. The quantitative estimate of drug-likeness (QED) is 0.436. The second kappa shape index (κ2) is 11.0. The third kappa shape index (κ3) is 6.49. The SMILES string of the molecule is CCOCCNC(=NC)NCc1ccccc1CN1CCCCC1. The van der Waals surface area contributed by atoms with Gasteiger partial charge in [-0.25, -0.2) is 0 Å². The van der Waals surface area contributed by atoms with Gasteiger partial charge in [0.25, 0.3) is 0 Å². The van der Waals surface area contributed by atoms with Crippen LogP contribution in [0.5, 0.6) is 0 Å². The van der Waals surface area contributed by atoms with Crippen LogP contribution in [0.1, 0.15) is 37.3 Å². The first-order chi connectivity index (χ1) is 11.8. The highest BCUT2D eigenvalue weighted by Gasteiger charge is 2.12. The molecule has 0 amide bonds. The Bertz CT molecular complexity index is 498. The number of aliphatic imine (C=N–C) groups is 1. The predicted molar refractivity (Wildman–Crippen MR) is 100 cm³/mol. The minimum Gasteiger partial charge on any atom is -0.380 e. The second-order valence-electron chi connectivity index (χ2n) is 6.15. The molecule has 0 radical (unpaired) electrons. The first-order valence-corrected chi connectivity index (χ1v) is 9.15. The van der Waals surface area contributed by atoms with Crippen molar-refractivity contribution < 1.29 is 4.74 Å². The molecule has 1 aliphatic heterocycles. The van der Waals surface area contributed by atoms with Crippen LogP contribution in [0.4, 0.5) is 0 Å². The van der Waals surface area contributed by atoms with Crippen LogP contribution in [0.15, 0.2) is 29.3 Å². The van der Waals surface area contributed by atoms with Crippen molar-refractivity contribution in [1.29, 1.82) is 0 Å². The van der Waals surface area contributed by atoms with E-state index < -0.39 is 0 Å².